The van der Waals surface area contributed by atoms with Crippen LogP contribution in [0.1, 0.15) is 41.3 Å². The predicted octanol–water partition coefficient (Wildman–Crippen LogP) is 6.05. The summed E-state index contributed by atoms with van der Waals surface area (Å²) in [5.41, 5.74) is 3.43. The SMILES string of the molecule is Brc1ccc2c(c1)C1CC(c3cccs3)=NN1C1(CCN(Cc3ccccc3)CC1)O2. The normalized spacial score (nSPS) is 22.0. The maximum absolute atomic E-state index is 6.77. The molecule has 3 aliphatic rings. The highest BCUT2D eigenvalue weighted by Gasteiger charge is 2.51. The van der Waals surface area contributed by atoms with E-state index in [0.29, 0.717) is 0 Å². The van der Waals surface area contributed by atoms with Gasteiger partial charge < -0.3 is 4.74 Å². The number of likely N-dealkylation sites (tertiary alicyclic amines) is 1. The number of benzene rings is 2. The number of rotatable bonds is 3. The van der Waals surface area contributed by atoms with Crippen molar-refractivity contribution in [1.82, 2.24) is 9.91 Å². The van der Waals surface area contributed by atoms with Gasteiger partial charge in [-0.2, -0.15) is 5.10 Å². The van der Waals surface area contributed by atoms with E-state index in [-0.39, 0.29) is 11.8 Å². The molecule has 1 fully saturated rings. The van der Waals surface area contributed by atoms with Crippen molar-refractivity contribution >= 4 is 33.0 Å². The predicted molar refractivity (Wildman–Crippen MR) is 129 cm³/mol. The first-order valence-electron chi connectivity index (χ1n) is 10.9. The minimum atomic E-state index is -0.363. The summed E-state index contributed by atoms with van der Waals surface area (Å²) in [6.07, 6.45) is 2.84. The smallest absolute Gasteiger partial charge is 0.200 e. The van der Waals surface area contributed by atoms with E-state index in [1.165, 1.54) is 21.7 Å². The Bertz CT molecular complexity index is 1110. The van der Waals surface area contributed by atoms with Gasteiger partial charge in [0, 0.05) is 48.9 Å². The van der Waals surface area contributed by atoms with E-state index in [4.69, 9.17) is 9.84 Å². The van der Waals surface area contributed by atoms with Crippen molar-refractivity contribution in [3.8, 4) is 5.75 Å². The van der Waals surface area contributed by atoms with Crippen molar-refractivity contribution in [3.63, 3.8) is 0 Å². The molecule has 0 saturated carbocycles. The second-order valence-electron chi connectivity index (χ2n) is 8.58. The van der Waals surface area contributed by atoms with Gasteiger partial charge in [-0.15, -0.1) is 11.3 Å². The average molecular weight is 494 g/mol. The number of halogens is 1. The highest BCUT2D eigenvalue weighted by atomic mass is 79.9. The molecule has 3 aliphatic heterocycles. The van der Waals surface area contributed by atoms with Crippen molar-refractivity contribution in [2.24, 2.45) is 5.10 Å². The second-order valence-corrected chi connectivity index (χ2v) is 10.4. The summed E-state index contributed by atoms with van der Waals surface area (Å²) in [5, 5.41) is 9.60. The standard InChI is InChI=1S/C25H24BrN3OS/c26-19-8-9-23-20(15-19)22-16-21(24-7-4-14-31-24)27-29(22)25(30-23)10-12-28(13-11-25)17-18-5-2-1-3-6-18/h1-9,14-15,22H,10-13,16-17H2. The van der Waals surface area contributed by atoms with Crippen LogP contribution in [0.4, 0.5) is 0 Å². The monoisotopic (exact) mass is 493 g/mol. The molecule has 1 atom stereocenters. The second kappa shape index (κ2) is 7.76. The fourth-order valence-electron chi connectivity index (χ4n) is 5.08. The highest BCUT2D eigenvalue weighted by molar-refractivity contribution is 9.10. The van der Waals surface area contributed by atoms with E-state index in [1.807, 2.05) is 0 Å². The molecule has 1 saturated heterocycles. The van der Waals surface area contributed by atoms with Gasteiger partial charge in [-0.25, -0.2) is 5.01 Å². The molecule has 0 bridgehead atoms. The van der Waals surface area contributed by atoms with E-state index in [0.717, 1.165) is 49.1 Å². The first-order chi connectivity index (χ1) is 15.2. The molecule has 31 heavy (non-hydrogen) atoms. The average Bonchev–Trinajstić information content (AvgIpc) is 3.47. The third-order valence-electron chi connectivity index (χ3n) is 6.65. The van der Waals surface area contributed by atoms with Crippen LogP contribution < -0.4 is 4.74 Å². The van der Waals surface area contributed by atoms with Crippen LogP contribution >= 0.6 is 27.3 Å². The number of ether oxygens (including phenoxy) is 1. The van der Waals surface area contributed by atoms with E-state index < -0.39 is 0 Å². The van der Waals surface area contributed by atoms with Gasteiger partial charge in [-0.05, 0) is 35.2 Å². The fraction of sp³-hybridized carbons (Fsp3) is 0.320. The van der Waals surface area contributed by atoms with Gasteiger partial charge in [0.05, 0.1) is 16.6 Å². The van der Waals surface area contributed by atoms with E-state index >= 15 is 0 Å². The van der Waals surface area contributed by atoms with Crippen molar-refractivity contribution in [3.05, 3.63) is 86.5 Å². The third-order valence-corrected chi connectivity index (χ3v) is 8.06. The van der Waals surface area contributed by atoms with Gasteiger partial charge in [-0.1, -0.05) is 52.3 Å². The molecule has 0 radical (unpaired) electrons. The zero-order chi connectivity index (χ0) is 20.8. The summed E-state index contributed by atoms with van der Waals surface area (Å²) >= 11 is 5.42. The molecule has 6 rings (SSSR count). The zero-order valence-electron chi connectivity index (χ0n) is 17.2. The Morgan fingerprint density at radius 2 is 1.90 bits per heavy atom. The maximum Gasteiger partial charge on any atom is 0.200 e. The van der Waals surface area contributed by atoms with E-state index in [1.54, 1.807) is 11.3 Å². The van der Waals surface area contributed by atoms with Crippen molar-refractivity contribution < 1.29 is 4.74 Å². The van der Waals surface area contributed by atoms with E-state index in [9.17, 15) is 0 Å². The van der Waals surface area contributed by atoms with Crippen molar-refractivity contribution in [1.29, 1.82) is 0 Å². The van der Waals surface area contributed by atoms with Gasteiger partial charge in [-0.3, -0.25) is 4.90 Å². The lowest BCUT2D eigenvalue weighted by Crippen LogP contribution is -2.59. The molecule has 0 N–H and O–H groups in total. The first-order valence-corrected chi connectivity index (χ1v) is 12.5. The van der Waals surface area contributed by atoms with Gasteiger partial charge in [0.15, 0.2) is 0 Å². The summed E-state index contributed by atoms with van der Waals surface area (Å²) in [6, 6.07) is 21.7. The van der Waals surface area contributed by atoms with Crippen molar-refractivity contribution in [2.45, 2.75) is 37.6 Å². The molecule has 4 nitrogen and oxygen atoms in total. The number of fused-ring (bicyclic) bond motifs is 4. The number of nitrogens with zero attached hydrogens (tertiary/aromatic N) is 3. The number of hydrogen-bond acceptors (Lipinski definition) is 5. The van der Waals surface area contributed by atoms with Gasteiger partial charge in [0.2, 0.25) is 5.72 Å². The summed E-state index contributed by atoms with van der Waals surface area (Å²) in [7, 11) is 0. The highest BCUT2D eigenvalue weighted by Crippen LogP contribution is 2.50. The molecule has 6 heteroatoms. The Hall–Kier alpha value is -2.15. The quantitative estimate of drug-likeness (QED) is 0.444. The lowest BCUT2D eigenvalue weighted by Gasteiger charge is -2.51. The fourth-order valence-corrected chi connectivity index (χ4v) is 6.18. The van der Waals surface area contributed by atoms with Crippen LogP contribution in [0.3, 0.4) is 0 Å². The lowest BCUT2D eigenvalue weighted by molar-refractivity contribution is -0.150. The molecule has 0 amide bonds. The Labute approximate surface area is 195 Å². The lowest BCUT2D eigenvalue weighted by atomic mass is 9.91. The number of thiophene rings is 1. The summed E-state index contributed by atoms with van der Waals surface area (Å²) in [4.78, 5) is 3.80. The molecule has 1 unspecified atom stereocenters. The number of piperidine rings is 1. The van der Waals surface area contributed by atoms with Crippen LogP contribution in [0.2, 0.25) is 0 Å². The van der Waals surface area contributed by atoms with Crippen LogP contribution in [0.25, 0.3) is 0 Å². The molecule has 3 aromatic rings. The number of hydrogen-bond donors (Lipinski definition) is 0. The molecule has 4 heterocycles. The topological polar surface area (TPSA) is 28.1 Å². The van der Waals surface area contributed by atoms with Crippen LogP contribution in [-0.4, -0.2) is 34.4 Å². The van der Waals surface area contributed by atoms with Gasteiger partial charge in [0.25, 0.3) is 0 Å². The van der Waals surface area contributed by atoms with Gasteiger partial charge in [0.1, 0.15) is 5.75 Å². The molecule has 2 aromatic carbocycles. The minimum Gasteiger partial charge on any atom is -0.466 e. The van der Waals surface area contributed by atoms with Crippen LogP contribution in [0.5, 0.6) is 5.75 Å². The molecule has 1 spiro atoms. The van der Waals surface area contributed by atoms with Gasteiger partial charge >= 0.3 is 0 Å². The van der Waals surface area contributed by atoms with Crippen LogP contribution in [0.15, 0.2) is 75.6 Å². The van der Waals surface area contributed by atoms with Crippen LogP contribution in [-0.2, 0) is 6.54 Å². The Kier molecular flexibility index (Phi) is 4.89. The Balaban J connectivity index is 1.30. The zero-order valence-corrected chi connectivity index (χ0v) is 19.6. The molecule has 1 aromatic heterocycles. The Morgan fingerprint density at radius 3 is 2.68 bits per heavy atom. The summed E-state index contributed by atoms with van der Waals surface area (Å²) in [5.74, 6) is 1.02. The molecule has 0 aliphatic carbocycles. The van der Waals surface area contributed by atoms with Crippen LogP contribution in [0, 0.1) is 0 Å². The molecular weight excluding hydrogens is 470 g/mol. The Morgan fingerprint density at radius 1 is 1.06 bits per heavy atom. The van der Waals surface area contributed by atoms with Crippen molar-refractivity contribution in [2.75, 3.05) is 13.1 Å². The largest absolute Gasteiger partial charge is 0.466 e. The molecule has 158 valence electrons. The molecular formula is C25H24BrN3OS. The number of hydrazone groups is 1. The maximum atomic E-state index is 6.77. The minimum absolute atomic E-state index is 0.235. The van der Waals surface area contributed by atoms with E-state index in [2.05, 4.69) is 91.9 Å². The summed E-state index contributed by atoms with van der Waals surface area (Å²) < 4.78 is 7.86. The third kappa shape index (κ3) is 3.51. The first kappa shape index (κ1) is 19.5. The summed E-state index contributed by atoms with van der Waals surface area (Å²) in [6.45, 7) is 3.01.